The van der Waals surface area contributed by atoms with E-state index in [9.17, 15) is 9.90 Å². The minimum Gasteiger partial charge on any atom is -0.391 e. The van der Waals surface area contributed by atoms with E-state index < -0.39 is 12.1 Å². The molecule has 0 heterocycles. The summed E-state index contributed by atoms with van der Waals surface area (Å²) in [5.41, 5.74) is 5.67. The molecule has 4 N–H and O–H groups in total. The molecule has 2 atom stereocenters. The number of ether oxygens (including phenoxy) is 1. The zero-order valence-corrected chi connectivity index (χ0v) is 10.4. The molecule has 0 spiro atoms. The molecule has 0 saturated carbocycles. The highest BCUT2D eigenvalue weighted by atomic mass is 16.5. The first-order valence-electron chi connectivity index (χ1n) is 5.69. The number of aliphatic hydroxyl groups excluding tert-OH is 1. The van der Waals surface area contributed by atoms with Crippen LogP contribution >= 0.6 is 0 Å². The lowest BCUT2D eigenvalue weighted by Gasteiger charge is -2.17. The number of aliphatic hydroxyl groups is 1. The summed E-state index contributed by atoms with van der Waals surface area (Å²) in [6.07, 6.45) is 0.838. The lowest BCUT2D eigenvalue weighted by molar-refractivity contribution is -0.123. The molecule has 0 aromatic carbocycles. The van der Waals surface area contributed by atoms with Crippen molar-refractivity contribution in [2.45, 2.75) is 38.8 Å². The van der Waals surface area contributed by atoms with E-state index in [2.05, 4.69) is 5.32 Å². The van der Waals surface area contributed by atoms with Crippen molar-refractivity contribution in [2.24, 2.45) is 11.7 Å². The quantitative estimate of drug-likeness (QED) is 0.509. The van der Waals surface area contributed by atoms with Crippen molar-refractivity contribution in [3.63, 3.8) is 0 Å². The maximum absolute atomic E-state index is 11.5. The van der Waals surface area contributed by atoms with Gasteiger partial charge in [0.05, 0.1) is 12.1 Å². The SMILES string of the molecule is COCCCC(N)C(=O)NCC(O)C(C)C. The van der Waals surface area contributed by atoms with Gasteiger partial charge in [-0.15, -0.1) is 0 Å². The first kappa shape index (κ1) is 15.3. The summed E-state index contributed by atoms with van der Waals surface area (Å²) in [5, 5.41) is 12.1. The van der Waals surface area contributed by atoms with Gasteiger partial charge < -0.3 is 20.9 Å². The lowest BCUT2D eigenvalue weighted by Crippen LogP contribution is -2.44. The number of carbonyl (C=O) groups excluding carboxylic acids is 1. The maximum atomic E-state index is 11.5. The molecule has 0 saturated heterocycles. The second kappa shape index (κ2) is 8.50. The van der Waals surface area contributed by atoms with Gasteiger partial charge in [-0.3, -0.25) is 4.79 Å². The number of hydrogen-bond donors (Lipinski definition) is 3. The highest BCUT2D eigenvalue weighted by Gasteiger charge is 2.15. The normalized spacial score (nSPS) is 14.9. The second-order valence-electron chi connectivity index (χ2n) is 4.30. The molecule has 16 heavy (non-hydrogen) atoms. The molecule has 0 aromatic heterocycles. The van der Waals surface area contributed by atoms with Crippen LogP contribution < -0.4 is 11.1 Å². The van der Waals surface area contributed by atoms with Crippen LogP contribution in [0.2, 0.25) is 0 Å². The van der Waals surface area contributed by atoms with Gasteiger partial charge in [0.1, 0.15) is 0 Å². The van der Waals surface area contributed by atoms with Gasteiger partial charge in [-0.1, -0.05) is 13.8 Å². The Balaban J connectivity index is 3.70. The number of amides is 1. The van der Waals surface area contributed by atoms with Gasteiger partial charge in [-0.25, -0.2) is 0 Å². The van der Waals surface area contributed by atoms with Gasteiger partial charge in [-0.05, 0) is 18.8 Å². The van der Waals surface area contributed by atoms with Crippen LogP contribution in [-0.4, -0.2) is 43.4 Å². The highest BCUT2D eigenvalue weighted by molar-refractivity contribution is 5.81. The molecule has 1 amide bonds. The third-order valence-electron chi connectivity index (χ3n) is 2.46. The van der Waals surface area contributed by atoms with Crippen molar-refractivity contribution < 1.29 is 14.6 Å². The van der Waals surface area contributed by atoms with E-state index in [1.165, 1.54) is 0 Å². The number of hydrogen-bond acceptors (Lipinski definition) is 4. The first-order valence-corrected chi connectivity index (χ1v) is 5.69. The number of carbonyl (C=O) groups is 1. The summed E-state index contributed by atoms with van der Waals surface area (Å²) in [7, 11) is 1.62. The Bertz CT molecular complexity index is 198. The molecule has 0 rings (SSSR count). The van der Waals surface area contributed by atoms with E-state index in [-0.39, 0.29) is 18.4 Å². The topological polar surface area (TPSA) is 84.6 Å². The molecular formula is C11H24N2O3. The molecule has 5 heteroatoms. The van der Waals surface area contributed by atoms with Crippen LogP contribution in [0.4, 0.5) is 0 Å². The number of methoxy groups -OCH3 is 1. The zero-order valence-electron chi connectivity index (χ0n) is 10.4. The largest absolute Gasteiger partial charge is 0.391 e. The van der Waals surface area contributed by atoms with Crippen LogP contribution in [0.5, 0.6) is 0 Å². The average molecular weight is 232 g/mol. The Hall–Kier alpha value is -0.650. The molecule has 5 nitrogen and oxygen atoms in total. The van der Waals surface area contributed by atoms with Crippen LogP contribution in [-0.2, 0) is 9.53 Å². The van der Waals surface area contributed by atoms with Gasteiger partial charge in [0, 0.05) is 20.3 Å². The third-order valence-corrected chi connectivity index (χ3v) is 2.46. The van der Waals surface area contributed by atoms with Crippen LogP contribution in [0.1, 0.15) is 26.7 Å². The van der Waals surface area contributed by atoms with Crippen molar-refractivity contribution in [2.75, 3.05) is 20.3 Å². The van der Waals surface area contributed by atoms with Crippen LogP contribution in [0.3, 0.4) is 0 Å². The number of nitrogens with two attached hydrogens (primary N) is 1. The van der Waals surface area contributed by atoms with E-state index in [1.807, 2.05) is 13.8 Å². The third kappa shape index (κ3) is 6.76. The maximum Gasteiger partial charge on any atom is 0.237 e. The van der Waals surface area contributed by atoms with Gasteiger partial charge in [0.2, 0.25) is 5.91 Å². The molecule has 0 bridgehead atoms. The summed E-state index contributed by atoms with van der Waals surface area (Å²) in [6.45, 7) is 4.66. The fourth-order valence-electron chi connectivity index (χ4n) is 1.15. The number of rotatable bonds is 8. The second-order valence-corrected chi connectivity index (χ2v) is 4.30. The van der Waals surface area contributed by atoms with E-state index in [0.717, 1.165) is 6.42 Å². The van der Waals surface area contributed by atoms with Gasteiger partial charge in [0.15, 0.2) is 0 Å². The molecule has 0 aliphatic heterocycles. The predicted octanol–water partition coefficient (Wildman–Crippen LogP) is -0.127. The Morgan fingerprint density at radius 1 is 1.50 bits per heavy atom. The van der Waals surface area contributed by atoms with E-state index in [1.54, 1.807) is 7.11 Å². The van der Waals surface area contributed by atoms with Crippen LogP contribution in [0.15, 0.2) is 0 Å². The molecule has 96 valence electrons. The Morgan fingerprint density at radius 3 is 2.62 bits per heavy atom. The van der Waals surface area contributed by atoms with E-state index in [4.69, 9.17) is 10.5 Å². The van der Waals surface area contributed by atoms with Gasteiger partial charge >= 0.3 is 0 Å². The Morgan fingerprint density at radius 2 is 2.12 bits per heavy atom. The van der Waals surface area contributed by atoms with Crippen molar-refractivity contribution in [1.82, 2.24) is 5.32 Å². The smallest absolute Gasteiger partial charge is 0.237 e. The summed E-state index contributed by atoms with van der Waals surface area (Å²) in [5.74, 6) is -0.0826. The van der Waals surface area contributed by atoms with Gasteiger partial charge in [0.25, 0.3) is 0 Å². The summed E-state index contributed by atoms with van der Waals surface area (Å²) < 4.78 is 4.87. The van der Waals surface area contributed by atoms with Crippen molar-refractivity contribution in [1.29, 1.82) is 0 Å². The summed E-state index contributed by atoms with van der Waals surface area (Å²) in [4.78, 5) is 11.5. The molecule has 0 aliphatic rings. The average Bonchev–Trinajstić information content (AvgIpc) is 2.25. The fourth-order valence-corrected chi connectivity index (χ4v) is 1.15. The minimum absolute atomic E-state index is 0.130. The Kier molecular flexibility index (Phi) is 8.15. The van der Waals surface area contributed by atoms with Crippen LogP contribution in [0, 0.1) is 5.92 Å². The Labute approximate surface area is 97.3 Å². The zero-order chi connectivity index (χ0) is 12.6. The fraction of sp³-hybridized carbons (Fsp3) is 0.909. The monoisotopic (exact) mass is 232 g/mol. The van der Waals surface area contributed by atoms with E-state index >= 15 is 0 Å². The van der Waals surface area contributed by atoms with E-state index in [0.29, 0.717) is 13.0 Å². The lowest BCUT2D eigenvalue weighted by atomic mass is 10.1. The molecular weight excluding hydrogens is 208 g/mol. The predicted molar refractivity (Wildman–Crippen MR) is 62.9 cm³/mol. The minimum atomic E-state index is -0.519. The van der Waals surface area contributed by atoms with Crippen molar-refractivity contribution in [3.8, 4) is 0 Å². The molecule has 0 radical (unpaired) electrons. The highest BCUT2D eigenvalue weighted by Crippen LogP contribution is 2.00. The molecule has 0 aromatic rings. The standard InChI is InChI=1S/C11H24N2O3/c1-8(2)10(14)7-13-11(15)9(12)5-4-6-16-3/h8-10,14H,4-7,12H2,1-3H3,(H,13,15). The summed E-state index contributed by atoms with van der Waals surface area (Å²) >= 11 is 0. The van der Waals surface area contributed by atoms with Crippen LogP contribution in [0.25, 0.3) is 0 Å². The first-order chi connectivity index (χ1) is 7.49. The van der Waals surface area contributed by atoms with Crippen molar-refractivity contribution in [3.05, 3.63) is 0 Å². The molecule has 0 aliphatic carbocycles. The summed E-state index contributed by atoms with van der Waals surface area (Å²) in [6, 6.07) is -0.519. The molecule has 2 unspecified atom stereocenters. The van der Waals surface area contributed by atoms with Crippen molar-refractivity contribution >= 4 is 5.91 Å². The van der Waals surface area contributed by atoms with Gasteiger partial charge in [-0.2, -0.15) is 0 Å². The molecule has 0 fully saturated rings. The number of nitrogens with one attached hydrogen (secondary N) is 1.